The zero-order valence-corrected chi connectivity index (χ0v) is 20.6. The monoisotopic (exact) mass is 476 g/mol. The third-order valence-corrected chi connectivity index (χ3v) is 7.60. The molecule has 2 aromatic carbocycles. The Morgan fingerprint density at radius 3 is 2.31 bits per heavy atom. The summed E-state index contributed by atoms with van der Waals surface area (Å²) >= 11 is 6.15. The molecule has 1 amide bonds. The van der Waals surface area contributed by atoms with Gasteiger partial charge in [-0.25, -0.2) is 8.42 Å². The fourth-order valence-electron chi connectivity index (χ4n) is 4.38. The van der Waals surface area contributed by atoms with Crippen LogP contribution in [0.25, 0.3) is 0 Å². The number of rotatable bonds is 8. The number of amides is 1. The second-order valence-corrected chi connectivity index (χ2v) is 11.5. The van der Waals surface area contributed by atoms with Gasteiger partial charge in [-0.1, -0.05) is 69.0 Å². The molecule has 1 aliphatic carbocycles. The molecule has 0 bridgehead atoms. The quantitative estimate of drug-likeness (QED) is 0.511. The molecule has 1 unspecified atom stereocenters. The predicted molar refractivity (Wildman–Crippen MR) is 131 cm³/mol. The molecular weight excluding hydrogens is 444 g/mol. The molecule has 0 aromatic heterocycles. The molecule has 0 spiro atoms. The lowest BCUT2D eigenvalue weighted by atomic mass is 9.83. The van der Waals surface area contributed by atoms with Crippen molar-refractivity contribution >= 4 is 33.0 Å². The number of carbonyl (C=O) groups is 1. The highest BCUT2D eigenvalue weighted by Crippen LogP contribution is 2.33. The standard InChI is InChI=1S/C25H33ClN2O3S/c1-17(2)25(20-11-9-19(10-12-20)18-7-5-4-6-8-18)27-16-24(29)28-23-15-21(32(3,30)31)13-14-22(23)26/h9-15,17-18,25,27H,4-8,16H2,1-3H3,(H,28,29). The molecule has 0 radical (unpaired) electrons. The summed E-state index contributed by atoms with van der Waals surface area (Å²) in [4.78, 5) is 12.7. The molecule has 2 aromatic rings. The van der Waals surface area contributed by atoms with E-state index in [1.54, 1.807) is 0 Å². The van der Waals surface area contributed by atoms with Gasteiger partial charge in [0.05, 0.1) is 22.2 Å². The molecule has 0 heterocycles. The third-order valence-electron chi connectivity index (χ3n) is 6.16. The number of hydrogen-bond acceptors (Lipinski definition) is 4. The predicted octanol–water partition coefficient (Wildman–Crippen LogP) is 5.72. The summed E-state index contributed by atoms with van der Waals surface area (Å²) in [5.41, 5.74) is 2.86. The average molecular weight is 477 g/mol. The van der Waals surface area contributed by atoms with Crippen molar-refractivity contribution in [3.05, 3.63) is 58.6 Å². The lowest BCUT2D eigenvalue weighted by molar-refractivity contribution is -0.115. The third kappa shape index (κ3) is 6.56. The minimum atomic E-state index is -3.39. The molecule has 1 saturated carbocycles. The Hall–Kier alpha value is -1.89. The van der Waals surface area contributed by atoms with Crippen LogP contribution in [-0.2, 0) is 14.6 Å². The van der Waals surface area contributed by atoms with Gasteiger partial charge in [0.1, 0.15) is 0 Å². The molecule has 2 N–H and O–H groups in total. The summed E-state index contributed by atoms with van der Waals surface area (Å²) in [6.45, 7) is 4.33. The first-order valence-electron chi connectivity index (χ1n) is 11.3. The fraction of sp³-hybridized carbons (Fsp3) is 0.480. The van der Waals surface area contributed by atoms with E-state index in [4.69, 9.17) is 11.6 Å². The lowest BCUT2D eigenvalue weighted by Crippen LogP contribution is -2.33. The lowest BCUT2D eigenvalue weighted by Gasteiger charge is -2.25. The van der Waals surface area contributed by atoms with Crippen molar-refractivity contribution in [1.82, 2.24) is 5.32 Å². The van der Waals surface area contributed by atoms with Gasteiger partial charge in [0.2, 0.25) is 5.91 Å². The molecule has 174 valence electrons. The molecule has 0 saturated heterocycles. The molecule has 32 heavy (non-hydrogen) atoms. The van der Waals surface area contributed by atoms with Crippen molar-refractivity contribution in [1.29, 1.82) is 0 Å². The van der Waals surface area contributed by atoms with Crippen LogP contribution in [-0.4, -0.2) is 27.1 Å². The Labute approximate surface area is 196 Å². The maximum Gasteiger partial charge on any atom is 0.238 e. The van der Waals surface area contributed by atoms with Crippen LogP contribution in [0.2, 0.25) is 5.02 Å². The molecule has 1 aliphatic rings. The smallest absolute Gasteiger partial charge is 0.238 e. The van der Waals surface area contributed by atoms with Crippen LogP contribution in [0.3, 0.4) is 0 Å². The Bertz CT molecular complexity index is 1030. The summed E-state index contributed by atoms with van der Waals surface area (Å²) in [7, 11) is -3.39. The summed E-state index contributed by atoms with van der Waals surface area (Å²) < 4.78 is 23.6. The number of halogens is 1. The Morgan fingerprint density at radius 2 is 1.72 bits per heavy atom. The van der Waals surface area contributed by atoms with Gasteiger partial charge in [-0.3, -0.25) is 4.79 Å². The maximum absolute atomic E-state index is 12.6. The number of nitrogens with one attached hydrogen (secondary N) is 2. The largest absolute Gasteiger partial charge is 0.324 e. The topological polar surface area (TPSA) is 75.3 Å². The van der Waals surface area contributed by atoms with Gasteiger partial charge in [-0.15, -0.1) is 0 Å². The van der Waals surface area contributed by atoms with E-state index < -0.39 is 9.84 Å². The zero-order valence-electron chi connectivity index (χ0n) is 19.0. The van der Waals surface area contributed by atoms with Crippen molar-refractivity contribution in [2.75, 3.05) is 18.1 Å². The minimum Gasteiger partial charge on any atom is -0.324 e. The first kappa shape index (κ1) is 24.7. The molecule has 1 fully saturated rings. The van der Waals surface area contributed by atoms with Crippen LogP contribution < -0.4 is 10.6 Å². The van der Waals surface area contributed by atoms with Gasteiger partial charge >= 0.3 is 0 Å². The van der Waals surface area contributed by atoms with E-state index in [0.29, 0.717) is 22.5 Å². The van der Waals surface area contributed by atoms with E-state index in [1.165, 1.54) is 55.9 Å². The zero-order chi connectivity index (χ0) is 23.3. The van der Waals surface area contributed by atoms with E-state index in [1.807, 2.05) is 0 Å². The minimum absolute atomic E-state index is 0.0268. The second-order valence-electron chi connectivity index (χ2n) is 9.07. The Morgan fingerprint density at radius 1 is 1.06 bits per heavy atom. The normalized spacial score (nSPS) is 16.2. The molecule has 0 aliphatic heterocycles. The molecule has 7 heteroatoms. The average Bonchev–Trinajstić information content (AvgIpc) is 2.75. The molecule has 3 rings (SSSR count). The summed E-state index contributed by atoms with van der Waals surface area (Å²) in [6, 6.07) is 13.1. The van der Waals surface area contributed by atoms with Crippen molar-refractivity contribution in [3.63, 3.8) is 0 Å². The number of hydrogen-bond donors (Lipinski definition) is 2. The van der Waals surface area contributed by atoms with E-state index in [9.17, 15) is 13.2 Å². The SMILES string of the molecule is CC(C)C(NCC(=O)Nc1cc(S(C)(=O)=O)ccc1Cl)c1ccc(C2CCCCC2)cc1. The summed E-state index contributed by atoms with van der Waals surface area (Å²) in [6.07, 6.45) is 7.64. The molecule has 5 nitrogen and oxygen atoms in total. The van der Waals surface area contributed by atoms with Crippen LogP contribution in [0.15, 0.2) is 47.4 Å². The van der Waals surface area contributed by atoms with Crippen molar-refractivity contribution in [2.24, 2.45) is 5.92 Å². The Kier molecular flexibility index (Phi) is 8.37. The van der Waals surface area contributed by atoms with E-state index in [2.05, 4.69) is 48.7 Å². The van der Waals surface area contributed by atoms with Gasteiger partial charge in [-0.2, -0.15) is 0 Å². The van der Waals surface area contributed by atoms with Crippen LogP contribution in [0.4, 0.5) is 5.69 Å². The Balaban J connectivity index is 1.64. The van der Waals surface area contributed by atoms with Crippen LogP contribution in [0, 0.1) is 5.92 Å². The summed E-state index contributed by atoms with van der Waals surface area (Å²) in [5, 5.41) is 6.36. The number of benzene rings is 2. The van der Waals surface area contributed by atoms with Crippen molar-refractivity contribution < 1.29 is 13.2 Å². The van der Waals surface area contributed by atoms with Crippen molar-refractivity contribution in [2.45, 2.75) is 62.8 Å². The first-order chi connectivity index (χ1) is 15.1. The van der Waals surface area contributed by atoms with Gasteiger partial charge in [0, 0.05) is 12.3 Å². The maximum atomic E-state index is 12.6. The highest BCUT2D eigenvalue weighted by atomic mass is 35.5. The van der Waals surface area contributed by atoms with Crippen LogP contribution in [0.5, 0.6) is 0 Å². The number of carbonyl (C=O) groups excluding carboxylic acids is 1. The fourth-order valence-corrected chi connectivity index (χ4v) is 5.19. The van der Waals surface area contributed by atoms with Gasteiger partial charge in [0.25, 0.3) is 0 Å². The van der Waals surface area contributed by atoms with E-state index in [0.717, 1.165) is 11.8 Å². The van der Waals surface area contributed by atoms with E-state index >= 15 is 0 Å². The first-order valence-corrected chi connectivity index (χ1v) is 13.5. The number of sulfone groups is 1. The van der Waals surface area contributed by atoms with Gasteiger partial charge in [0.15, 0.2) is 9.84 Å². The van der Waals surface area contributed by atoms with Crippen LogP contribution in [0.1, 0.15) is 69.0 Å². The van der Waals surface area contributed by atoms with Crippen molar-refractivity contribution in [3.8, 4) is 0 Å². The van der Waals surface area contributed by atoms with E-state index in [-0.39, 0.29) is 23.4 Å². The highest BCUT2D eigenvalue weighted by Gasteiger charge is 2.20. The van der Waals surface area contributed by atoms with Gasteiger partial charge in [-0.05, 0) is 54.0 Å². The van der Waals surface area contributed by atoms with Crippen LogP contribution >= 0.6 is 11.6 Å². The second kappa shape index (κ2) is 10.8. The molecular formula is C25H33ClN2O3S. The molecule has 1 atom stereocenters. The van der Waals surface area contributed by atoms with Gasteiger partial charge < -0.3 is 10.6 Å². The highest BCUT2D eigenvalue weighted by molar-refractivity contribution is 7.90. The summed E-state index contributed by atoms with van der Waals surface area (Å²) in [5.74, 6) is 0.684. The number of anilines is 1.